The molecule has 2 aliphatic rings. The first-order valence-electron chi connectivity index (χ1n) is 3.89. The Morgan fingerprint density at radius 3 is 2.50 bits per heavy atom. The third kappa shape index (κ3) is 0.674. The van der Waals surface area contributed by atoms with Gasteiger partial charge < -0.3 is 5.11 Å². The van der Waals surface area contributed by atoms with Crippen molar-refractivity contribution in [3.63, 3.8) is 0 Å². The van der Waals surface area contributed by atoms with Crippen LogP contribution in [0.2, 0.25) is 0 Å². The minimum atomic E-state index is -0.164. The van der Waals surface area contributed by atoms with Gasteiger partial charge in [-0.2, -0.15) is 5.26 Å². The smallest absolute Gasteiger partial charge is 0.0659 e. The molecule has 0 aromatic carbocycles. The van der Waals surface area contributed by atoms with E-state index in [1.54, 1.807) is 0 Å². The number of hydrogen-bond donors (Lipinski definition) is 1. The average molecular weight is 137 g/mol. The molecule has 2 fully saturated rings. The predicted molar refractivity (Wildman–Crippen MR) is 35.9 cm³/mol. The van der Waals surface area contributed by atoms with Crippen molar-refractivity contribution in [3.05, 3.63) is 0 Å². The Bertz CT molecular complexity index is 184. The standard InChI is InChI=1S/C8H11NO/c9-4-6-1-5-2-7(6)8(10)3-5/h5-8,10H,1-3H2/t5-,6+,7-,8+/m1/s1. The maximum Gasteiger partial charge on any atom is 0.0659 e. The van der Waals surface area contributed by atoms with Crippen LogP contribution in [0.4, 0.5) is 0 Å². The van der Waals surface area contributed by atoms with Crippen LogP contribution in [0.25, 0.3) is 0 Å². The van der Waals surface area contributed by atoms with E-state index in [4.69, 9.17) is 5.26 Å². The monoisotopic (exact) mass is 137 g/mol. The SMILES string of the molecule is N#C[C@@H]1C[C@@H]2C[C@H]1[C@@H](O)C2. The quantitative estimate of drug-likeness (QED) is 0.539. The number of rotatable bonds is 0. The number of nitrogens with zero attached hydrogens (tertiary/aromatic N) is 1. The van der Waals surface area contributed by atoms with Crippen LogP contribution in [0.15, 0.2) is 0 Å². The molecule has 1 N–H and O–H groups in total. The fourth-order valence-electron chi connectivity index (χ4n) is 2.46. The molecule has 54 valence electrons. The number of aliphatic hydroxyl groups excluding tert-OH is 1. The number of nitriles is 1. The second-order valence-electron chi connectivity index (χ2n) is 3.54. The zero-order valence-electron chi connectivity index (χ0n) is 5.83. The van der Waals surface area contributed by atoms with Crippen LogP contribution >= 0.6 is 0 Å². The number of hydrogen-bond acceptors (Lipinski definition) is 2. The highest BCUT2D eigenvalue weighted by molar-refractivity contribution is 5.03. The molecule has 2 heteroatoms. The highest BCUT2D eigenvalue weighted by Gasteiger charge is 2.45. The summed E-state index contributed by atoms with van der Waals surface area (Å²) in [6.45, 7) is 0. The van der Waals surface area contributed by atoms with Gasteiger partial charge in [0, 0.05) is 5.92 Å². The molecule has 0 aromatic rings. The van der Waals surface area contributed by atoms with E-state index in [2.05, 4.69) is 6.07 Å². The normalized spacial score (nSPS) is 51.2. The van der Waals surface area contributed by atoms with E-state index in [0.717, 1.165) is 19.3 Å². The zero-order valence-corrected chi connectivity index (χ0v) is 5.83. The maximum absolute atomic E-state index is 9.37. The van der Waals surface area contributed by atoms with Gasteiger partial charge in [0.25, 0.3) is 0 Å². The fourth-order valence-corrected chi connectivity index (χ4v) is 2.46. The summed E-state index contributed by atoms with van der Waals surface area (Å²) in [6.07, 6.45) is 2.92. The van der Waals surface area contributed by atoms with Gasteiger partial charge in [0.05, 0.1) is 18.1 Å². The molecule has 10 heavy (non-hydrogen) atoms. The van der Waals surface area contributed by atoms with Crippen molar-refractivity contribution >= 4 is 0 Å². The largest absolute Gasteiger partial charge is 0.393 e. The Morgan fingerprint density at radius 1 is 1.30 bits per heavy atom. The summed E-state index contributed by atoms with van der Waals surface area (Å²) in [5.74, 6) is 1.13. The van der Waals surface area contributed by atoms with Crippen LogP contribution in [0.1, 0.15) is 19.3 Å². The van der Waals surface area contributed by atoms with Crippen LogP contribution in [-0.4, -0.2) is 11.2 Å². The van der Waals surface area contributed by atoms with Crippen LogP contribution in [0, 0.1) is 29.1 Å². The third-order valence-corrected chi connectivity index (χ3v) is 2.94. The Kier molecular flexibility index (Phi) is 1.21. The molecule has 2 aliphatic carbocycles. The molecule has 0 amide bonds. The number of aliphatic hydroxyl groups is 1. The summed E-state index contributed by atoms with van der Waals surface area (Å²) < 4.78 is 0. The van der Waals surface area contributed by atoms with Crippen molar-refractivity contribution in [2.24, 2.45) is 17.8 Å². The first-order chi connectivity index (χ1) is 4.81. The van der Waals surface area contributed by atoms with Crippen molar-refractivity contribution < 1.29 is 5.11 Å². The molecule has 0 radical (unpaired) electrons. The average Bonchev–Trinajstić information content (AvgIpc) is 2.44. The second kappa shape index (κ2) is 1.96. The third-order valence-electron chi connectivity index (χ3n) is 2.94. The zero-order chi connectivity index (χ0) is 7.14. The summed E-state index contributed by atoms with van der Waals surface area (Å²) in [5.41, 5.74) is 0. The van der Waals surface area contributed by atoms with Crippen molar-refractivity contribution in [2.45, 2.75) is 25.4 Å². The minimum Gasteiger partial charge on any atom is -0.393 e. The minimum absolute atomic E-state index is 0.161. The molecule has 0 unspecified atom stereocenters. The van der Waals surface area contributed by atoms with E-state index in [0.29, 0.717) is 11.8 Å². The molecule has 0 spiro atoms. The maximum atomic E-state index is 9.37. The van der Waals surface area contributed by atoms with Gasteiger partial charge in [-0.1, -0.05) is 0 Å². The van der Waals surface area contributed by atoms with Crippen LogP contribution in [0.5, 0.6) is 0 Å². The van der Waals surface area contributed by atoms with Crippen molar-refractivity contribution in [2.75, 3.05) is 0 Å². The van der Waals surface area contributed by atoms with Gasteiger partial charge in [0.1, 0.15) is 0 Å². The molecule has 0 heterocycles. The van der Waals surface area contributed by atoms with Gasteiger partial charge in [-0.15, -0.1) is 0 Å². The van der Waals surface area contributed by atoms with E-state index in [-0.39, 0.29) is 12.0 Å². The summed E-state index contributed by atoms with van der Waals surface area (Å²) >= 11 is 0. The van der Waals surface area contributed by atoms with E-state index < -0.39 is 0 Å². The van der Waals surface area contributed by atoms with Gasteiger partial charge in [-0.05, 0) is 25.2 Å². The molecule has 2 nitrogen and oxygen atoms in total. The molecule has 4 atom stereocenters. The van der Waals surface area contributed by atoms with Crippen molar-refractivity contribution in [1.29, 1.82) is 5.26 Å². The van der Waals surface area contributed by atoms with Gasteiger partial charge >= 0.3 is 0 Å². The summed E-state index contributed by atoms with van der Waals surface area (Å²) in [5, 5.41) is 18.0. The highest BCUT2D eigenvalue weighted by Crippen LogP contribution is 2.47. The van der Waals surface area contributed by atoms with E-state index in [1.807, 2.05) is 0 Å². The molecule has 2 rings (SSSR count). The first-order valence-corrected chi connectivity index (χ1v) is 3.89. The Labute approximate surface area is 60.5 Å². The lowest BCUT2D eigenvalue weighted by Crippen LogP contribution is -2.22. The number of fused-ring (bicyclic) bond motifs is 2. The summed E-state index contributed by atoms with van der Waals surface area (Å²) in [7, 11) is 0. The van der Waals surface area contributed by atoms with Crippen LogP contribution in [0.3, 0.4) is 0 Å². The van der Waals surface area contributed by atoms with Gasteiger partial charge in [-0.25, -0.2) is 0 Å². The summed E-state index contributed by atoms with van der Waals surface area (Å²) in [6, 6.07) is 2.27. The van der Waals surface area contributed by atoms with E-state index >= 15 is 0 Å². The van der Waals surface area contributed by atoms with Crippen molar-refractivity contribution in [3.8, 4) is 6.07 Å². The second-order valence-corrected chi connectivity index (χ2v) is 3.54. The molecule has 2 bridgehead atoms. The van der Waals surface area contributed by atoms with Crippen molar-refractivity contribution in [1.82, 2.24) is 0 Å². The Balaban J connectivity index is 2.14. The molecule has 0 aliphatic heterocycles. The predicted octanol–water partition coefficient (Wildman–Crippen LogP) is 0.917. The Hall–Kier alpha value is -0.550. The topological polar surface area (TPSA) is 44.0 Å². The summed E-state index contributed by atoms with van der Waals surface area (Å²) in [4.78, 5) is 0. The van der Waals surface area contributed by atoms with Crippen LogP contribution < -0.4 is 0 Å². The molecule has 2 saturated carbocycles. The molecule has 0 saturated heterocycles. The first kappa shape index (κ1) is 6.18. The molecular formula is C8H11NO. The van der Waals surface area contributed by atoms with Gasteiger partial charge in [-0.3, -0.25) is 0 Å². The fraction of sp³-hybridized carbons (Fsp3) is 0.875. The Morgan fingerprint density at radius 2 is 2.10 bits per heavy atom. The lowest BCUT2D eigenvalue weighted by Gasteiger charge is -2.19. The van der Waals surface area contributed by atoms with E-state index in [1.165, 1.54) is 0 Å². The van der Waals surface area contributed by atoms with Crippen LogP contribution in [-0.2, 0) is 0 Å². The molecular weight excluding hydrogens is 126 g/mol. The van der Waals surface area contributed by atoms with Gasteiger partial charge in [0.15, 0.2) is 0 Å². The van der Waals surface area contributed by atoms with E-state index in [9.17, 15) is 5.11 Å². The highest BCUT2D eigenvalue weighted by atomic mass is 16.3. The lowest BCUT2D eigenvalue weighted by molar-refractivity contribution is 0.0960. The molecule has 0 aromatic heterocycles. The lowest BCUT2D eigenvalue weighted by atomic mass is 9.88. The van der Waals surface area contributed by atoms with Gasteiger partial charge in [0.2, 0.25) is 0 Å².